The van der Waals surface area contributed by atoms with Crippen molar-refractivity contribution in [3.05, 3.63) is 46.7 Å². The van der Waals surface area contributed by atoms with Crippen LogP contribution >= 0.6 is 0 Å². The van der Waals surface area contributed by atoms with Gasteiger partial charge in [-0.25, -0.2) is 0 Å². The van der Waals surface area contributed by atoms with Crippen LogP contribution in [0.5, 0.6) is 11.5 Å². The molecule has 5 rings (SSSR count). The standard InChI is InChI=1S/C19H21NO2/c1-11-8-13-14-10-12-4-5-15(21-3)18-17(12)19(13,6-7-20(14)2)16(9-11)22-18/h4-5,8-9,11,14H,6-7,10H2,1-3H3/t11-,14+,19+/m0/s1. The number of likely N-dealkylation sites (N-methyl/N-ethyl adjacent to an activating group) is 1. The normalized spacial score (nSPS) is 34.5. The maximum absolute atomic E-state index is 6.38. The lowest BCUT2D eigenvalue weighted by molar-refractivity contribution is 0.171. The Morgan fingerprint density at radius 3 is 3.00 bits per heavy atom. The summed E-state index contributed by atoms with van der Waals surface area (Å²) in [6.45, 7) is 3.37. The molecule has 3 atom stereocenters. The lowest BCUT2D eigenvalue weighted by Gasteiger charge is -2.51. The fraction of sp³-hybridized carbons (Fsp3) is 0.474. The first-order chi connectivity index (χ1) is 10.6. The summed E-state index contributed by atoms with van der Waals surface area (Å²) in [6.07, 6.45) is 6.97. The Bertz CT molecular complexity index is 748. The van der Waals surface area contributed by atoms with Crippen molar-refractivity contribution in [2.75, 3.05) is 20.7 Å². The molecule has 2 bridgehead atoms. The second kappa shape index (κ2) is 3.96. The van der Waals surface area contributed by atoms with Crippen molar-refractivity contribution in [2.45, 2.75) is 31.2 Å². The lowest BCUT2D eigenvalue weighted by atomic mass is 9.58. The highest BCUT2D eigenvalue weighted by molar-refractivity contribution is 5.69. The number of ether oxygens (including phenoxy) is 2. The molecule has 0 aromatic heterocycles. The molecule has 2 aliphatic carbocycles. The van der Waals surface area contributed by atoms with Gasteiger partial charge >= 0.3 is 0 Å². The molecule has 1 saturated heterocycles. The number of likely N-dealkylation sites (tertiary alicyclic amines) is 1. The number of methoxy groups -OCH3 is 1. The van der Waals surface area contributed by atoms with Gasteiger partial charge in [-0.1, -0.05) is 19.1 Å². The number of hydrogen-bond donors (Lipinski definition) is 0. The van der Waals surface area contributed by atoms with E-state index in [1.807, 2.05) is 0 Å². The molecule has 3 heteroatoms. The predicted octanol–water partition coefficient (Wildman–Crippen LogP) is 3.05. The van der Waals surface area contributed by atoms with Crippen LogP contribution in [0.1, 0.15) is 24.5 Å². The van der Waals surface area contributed by atoms with Gasteiger partial charge in [0.2, 0.25) is 0 Å². The Kier molecular flexibility index (Phi) is 2.30. The van der Waals surface area contributed by atoms with Crippen LogP contribution in [0, 0.1) is 5.92 Å². The number of nitrogens with zero attached hydrogens (tertiary/aromatic N) is 1. The molecule has 3 nitrogen and oxygen atoms in total. The van der Waals surface area contributed by atoms with Crippen LogP contribution in [0.4, 0.5) is 0 Å². The zero-order valence-electron chi connectivity index (χ0n) is 13.3. The van der Waals surface area contributed by atoms with E-state index < -0.39 is 0 Å². The first-order valence-electron chi connectivity index (χ1n) is 8.18. The third kappa shape index (κ3) is 1.28. The van der Waals surface area contributed by atoms with E-state index in [0.717, 1.165) is 36.6 Å². The molecule has 0 radical (unpaired) electrons. The largest absolute Gasteiger partial charge is 0.493 e. The first-order valence-corrected chi connectivity index (χ1v) is 8.18. The van der Waals surface area contributed by atoms with E-state index in [4.69, 9.17) is 9.47 Å². The number of hydrogen-bond acceptors (Lipinski definition) is 3. The molecule has 2 heterocycles. The van der Waals surface area contributed by atoms with Crippen LogP contribution in [-0.2, 0) is 11.8 Å². The summed E-state index contributed by atoms with van der Waals surface area (Å²) in [4.78, 5) is 2.51. The summed E-state index contributed by atoms with van der Waals surface area (Å²) in [5, 5.41) is 0. The Morgan fingerprint density at radius 1 is 1.32 bits per heavy atom. The van der Waals surface area contributed by atoms with Crippen molar-refractivity contribution in [3.63, 3.8) is 0 Å². The third-order valence-electron chi connectivity index (χ3n) is 5.98. The maximum Gasteiger partial charge on any atom is 0.173 e. The molecule has 4 aliphatic rings. The van der Waals surface area contributed by atoms with Gasteiger partial charge in [-0.2, -0.15) is 0 Å². The highest BCUT2D eigenvalue weighted by atomic mass is 16.5. The van der Waals surface area contributed by atoms with Crippen LogP contribution in [0.2, 0.25) is 0 Å². The van der Waals surface area contributed by atoms with E-state index >= 15 is 0 Å². The second-order valence-electron chi connectivity index (χ2n) is 7.10. The van der Waals surface area contributed by atoms with E-state index in [9.17, 15) is 0 Å². The van der Waals surface area contributed by atoms with Gasteiger partial charge in [0.15, 0.2) is 11.5 Å². The predicted molar refractivity (Wildman–Crippen MR) is 85.4 cm³/mol. The van der Waals surface area contributed by atoms with Crippen molar-refractivity contribution in [1.82, 2.24) is 4.90 Å². The van der Waals surface area contributed by atoms with E-state index in [-0.39, 0.29) is 5.41 Å². The molecule has 1 fully saturated rings. The van der Waals surface area contributed by atoms with Crippen LogP contribution in [0.15, 0.2) is 35.6 Å². The average molecular weight is 295 g/mol. The summed E-state index contributed by atoms with van der Waals surface area (Å²) in [6, 6.07) is 4.82. The molecule has 1 aromatic rings. The number of benzene rings is 1. The SMILES string of the molecule is COc1ccc2c3c1OC1=C[C@@H](C)C=C4[C@@H](C2)N(C)CC[C@]143. The summed E-state index contributed by atoms with van der Waals surface area (Å²) >= 11 is 0. The lowest BCUT2D eigenvalue weighted by Crippen LogP contribution is -2.54. The highest BCUT2D eigenvalue weighted by Crippen LogP contribution is 2.63. The minimum atomic E-state index is -0.0128. The van der Waals surface area contributed by atoms with E-state index in [2.05, 4.69) is 43.2 Å². The van der Waals surface area contributed by atoms with E-state index in [0.29, 0.717) is 12.0 Å². The Morgan fingerprint density at radius 2 is 2.18 bits per heavy atom. The molecule has 0 N–H and O–H groups in total. The molecule has 114 valence electrons. The summed E-state index contributed by atoms with van der Waals surface area (Å²) < 4.78 is 12.0. The minimum absolute atomic E-state index is 0.0128. The second-order valence-corrected chi connectivity index (χ2v) is 7.10. The van der Waals surface area contributed by atoms with E-state index in [1.165, 1.54) is 11.1 Å². The smallest absolute Gasteiger partial charge is 0.173 e. The number of rotatable bonds is 1. The molecule has 2 aliphatic heterocycles. The van der Waals surface area contributed by atoms with Crippen molar-refractivity contribution in [2.24, 2.45) is 5.92 Å². The fourth-order valence-electron chi connectivity index (χ4n) is 5.00. The minimum Gasteiger partial charge on any atom is -0.493 e. The molecular weight excluding hydrogens is 274 g/mol. The number of allylic oxidation sites excluding steroid dienone is 3. The van der Waals surface area contributed by atoms with Crippen molar-refractivity contribution < 1.29 is 9.47 Å². The van der Waals surface area contributed by atoms with Crippen molar-refractivity contribution in [1.29, 1.82) is 0 Å². The van der Waals surface area contributed by atoms with Gasteiger partial charge in [0.05, 0.1) is 12.5 Å². The quantitative estimate of drug-likeness (QED) is 0.743. The summed E-state index contributed by atoms with van der Waals surface area (Å²) in [5.74, 6) is 3.42. The Labute approximate surface area is 131 Å². The zero-order valence-corrected chi connectivity index (χ0v) is 13.3. The first kappa shape index (κ1) is 12.8. The van der Waals surface area contributed by atoms with Gasteiger partial charge in [0, 0.05) is 18.2 Å². The van der Waals surface area contributed by atoms with Crippen LogP contribution in [0.25, 0.3) is 0 Å². The van der Waals surface area contributed by atoms with Crippen LogP contribution < -0.4 is 9.47 Å². The van der Waals surface area contributed by atoms with Gasteiger partial charge in [-0.15, -0.1) is 0 Å². The molecule has 0 amide bonds. The third-order valence-corrected chi connectivity index (χ3v) is 5.98. The monoisotopic (exact) mass is 295 g/mol. The van der Waals surface area contributed by atoms with Crippen LogP contribution in [0.3, 0.4) is 0 Å². The summed E-state index contributed by atoms with van der Waals surface area (Å²) in [5.41, 5.74) is 4.37. The van der Waals surface area contributed by atoms with E-state index in [1.54, 1.807) is 12.7 Å². The van der Waals surface area contributed by atoms with Gasteiger partial charge in [0.1, 0.15) is 5.76 Å². The maximum atomic E-state index is 6.38. The molecule has 0 unspecified atom stereocenters. The molecule has 1 spiro atoms. The zero-order chi connectivity index (χ0) is 15.1. The van der Waals surface area contributed by atoms with Crippen molar-refractivity contribution in [3.8, 4) is 11.5 Å². The van der Waals surface area contributed by atoms with Gasteiger partial charge < -0.3 is 9.47 Å². The van der Waals surface area contributed by atoms with Crippen molar-refractivity contribution >= 4 is 0 Å². The highest BCUT2D eigenvalue weighted by Gasteiger charge is 2.58. The molecule has 1 aromatic carbocycles. The van der Waals surface area contributed by atoms with Gasteiger partial charge in [0.25, 0.3) is 0 Å². The Hall–Kier alpha value is -1.74. The fourth-order valence-corrected chi connectivity index (χ4v) is 5.00. The summed E-state index contributed by atoms with van der Waals surface area (Å²) in [7, 11) is 3.99. The molecular formula is C19H21NO2. The van der Waals surface area contributed by atoms with Gasteiger partial charge in [-0.05, 0) is 49.1 Å². The van der Waals surface area contributed by atoms with Gasteiger partial charge in [-0.3, -0.25) is 4.90 Å². The topological polar surface area (TPSA) is 21.7 Å². The number of piperidine rings is 1. The Balaban J connectivity index is 1.86. The van der Waals surface area contributed by atoms with Crippen LogP contribution in [-0.4, -0.2) is 31.6 Å². The molecule has 0 saturated carbocycles. The molecule has 22 heavy (non-hydrogen) atoms. The average Bonchev–Trinajstić information content (AvgIpc) is 2.83.